The first-order chi connectivity index (χ1) is 9.85. The summed E-state index contributed by atoms with van der Waals surface area (Å²) in [6, 6.07) is 2.81. The first-order valence-electron chi connectivity index (χ1n) is 6.62. The molecule has 0 saturated heterocycles. The van der Waals surface area contributed by atoms with Gasteiger partial charge in [0, 0.05) is 11.3 Å². The van der Waals surface area contributed by atoms with Crippen molar-refractivity contribution in [2.24, 2.45) is 0 Å². The van der Waals surface area contributed by atoms with Gasteiger partial charge in [-0.25, -0.2) is 0 Å². The number of benzene rings is 1. The van der Waals surface area contributed by atoms with Gasteiger partial charge in [0.05, 0.1) is 5.56 Å². The van der Waals surface area contributed by atoms with Gasteiger partial charge in [-0.1, -0.05) is 6.07 Å². The summed E-state index contributed by atoms with van der Waals surface area (Å²) >= 11 is 0. The van der Waals surface area contributed by atoms with Crippen LogP contribution >= 0.6 is 0 Å². The minimum absolute atomic E-state index is 0.0202. The molecule has 2 rings (SSSR count). The molecule has 1 aliphatic rings. The number of carbonyl (C=O) groups is 2. The van der Waals surface area contributed by atoms with Crippen LogP contribution in [-0.2, 0) is 25.9 Å². The molecule has 4 nitrogen and oxygen atoms in total. The van der Waals surface area contributed by atoms with E-state index < -0.39 is 34.6 Å². The van der Waals surface area contributed by atoms with Gasteiger partial charge in [0.25, 0.3) is 0 Å². The average Bonchev–Trinajstić information content (AvgIpc) is 2.59. The number of fused-ring (bicyclic) bond motifs is 1. The van der Waals surface area contributed by atoms with Gasteiger partial charge in [-0.15, -0.1) is 0 Å². The number of amides is 1. The molecule has 1 aromatic carbocycles. The Morgan fingerprint density at radius 3 is 2.32 bits per heavy atom. The van der Waals surface area contributed by atoms with Crippen LogP contribution in [0.4, 0.5) is 18.9 Å². The van der Waals surface area contributed by atoms with E-state index in [1.807, 2.05) is 0 Å². The van der Waals surface area contributed by atoms with Crippen LogP contribution in [-0.4, -0.2) is 17.5 Å². The van der Waals surface area contributed by atoms with E-state index in [2.05, 4.69) is 5.32 Å². The largest absolute Gasteiger partial charge is 0.459 e. The molecule has 7 heteroatoms. The van der Waals surface area contributed by atoms with Crippen LogP contribution in [0.15, 0.2) is 18.2 Å². The maximum atomic E-state index is 12.7. The fourth-order valence-electron chi connectivity index (χ4n) is 2.21. The van der Waals surface area contributed by atoms with Gasteiger partial charge >= 0.3 is 12.1 Å². The third-order valence-electron chi connectivity index (χ3n) is 3.40. The number of ether oxygens (including phenoxy) is 1. The number of hydrogen-bond acceptors (Lipinski definition) is 3. The zero-order chi connectivity index (χ0) is 16.9. The Balaban J connectivity index is 2.47. The highest BCUT2D eigenvalue weighted by Gasteiger charge is 2.52. The molecule has 0 radical (unpaired) electrons. The summed E-state index contributed by atoms with van der Waals surface area (Å²) in [5.74, 6) is -1.49. The minimum Gasteiger partial charge on any atom is -0.459 e. The maximum Gasteiger partial charge on any atom is 0.416 e. The fraction of sp³-hybridized carbons (Fsp3) is 0.467. The smallest absolute Gasteiger partial charge is 0.416 e. The lowest BCUT2D eigenvalue weighted by atomic mass is 9.83. The number of carbonyl (C=O) groups excluding carboxylic acids is 2. The van der Waals surface area contributed by atoms with Gasteiger partial charge in [-0.2, -0.15) is 13.2 Å². The Labute approximate surface area is 125 Å². The van der Waals surface area contributed by atoms with Crippen molar-refractivity contribution >= 4 is 17.6 Å². The summed E-state index contributed by atoms with van der Waals surface area (Å²) in [7, 11) is 0. The predicted octanol–water partition coefficient (Wildman–Crippen LogP) is 3.26. The van der Waals surface area contributed by atoms with Crippen LogP contribution < -0.4 is 5.32 Å². The topological polar surface area (TPSA) is 55.4 Å². The second kappa shape index (κ2) is 4.72. The van der Waals surface area contributed by atoms with E-state index in [4.69, 9.17) is 4.74 Å². The molecule has 22 heavy (non-hydrogen) atoms. The Morgan fingerprint density at radius 1 is 1.23 bits per heavy atom. The van der Waals surface area contributed by atoms with Crippen LogP contribution in [0.5, 0.6) is 0 Å². The highest BCUT2D eigenvalue weighted by atomic mass is 19.4. The zero-order valence-corrected chi connectivity index (χ0v) is 12.6. The number of alkyl halides is 3. The number of nitrogens with one attached hydrogen (secondary N) is 1. The molecular formula is C15H16F3NO3. The van der Waals surface area contributed by atoms with E-state index in [9.17, 15) is 22.8 Å². The highest BCUT2D eigenvalue weighted by Crippen LogP contribution is 2.42. The normalized spacial score (nSPS) is 21.3. The molecule has 0 aliphatic carbocycles. The van der Waals surface area contributed by atoms with Crippen molar-refractivity contribution in [3.63, 3.8) is 0 Å². The van der Waals surface area contributed by atoms with Gasteiger partial charge in [-0.05, 0) is 39.8 Å². The second-order valence-electron chi connectivity index (χ2n) is 6.34. The van der Waals surface area contributed by atoms with Crippen molar-refractivity contribution in [1.82, 2.24) is 0 Å². The summed E-state index contributed by atoms with van der Waals surface area (Å²) in [5.41, 5.74) is -3.20. The summed E-state index contributed by atoms with van der Waals surface area (Å²) in [6.07, 6.45) is -4.52. The fourth-order valence-corrected chi connectivity index (χ4v) is 2.21. The molecule has 0 fully saturated rings. The molecule has 0 spiro atoms. The number of hydrogen-bond donors (Lipinski definition) is 1. The second-order valence-corrected chi connectivity index (χ2v) is 6.34. The Bertz CT molecular complexity index is 646. The molecule has 1 N–H and O–H groups in total. The summed E-state index contributed by atoms with van der Waals surface area (Å²) in [6.45, 7) is 6.29. The molecule has 1 aromatic rings. The summed E-state index contributed by atoms with van der Waals surface area (Å²) in [5, 5.41) is 2.33. The average molecular weight is 315 g/mol. The molecule has 1 amide bonds. The monoisotopic (exact) mass is 315 g/mol. The van der Waals surface area contributed by atoms with Crippen molar-refractivity contribution in [3.05, 3.63) is 29.3 Å². The highest BCUT2D eigenvalue weighted by molar-refractivity contribution is 6.19. The van der Waals surface area contributed by atoms with E-state index in [1.165, 1.54) is 6.92 Å². The summed E-state index contributed by atoms with van der Waals surface area (Å²) < 4.78 is 43.4. The molecule has 0 aromatic heterocycles. The van der Waals surface area contributed by atoms with E-state index >= 15 is 0 Å². The standard InChI is InChI=1S/C15H16F3NO3/c1-13(2,3)22-12(21)14(4)9-6-5-8(15(16,17)18)7-10(9)19-11(14)20/h5-7H,1-4H3,(H,19,20). The lowest BCUT2D eigenvalue weighted by Crippen LogP contribution is -2.43. The Kier molecular flexibility index (Phi) is 3.51. The van der Waals surface area contributed by atoms with Crippen LogP contribution in [0.2, 0.25) is 0 Å². The van der Waals surface area contributed by atoms with Crippen molar-refractivity contribution in [2.45, 2.75) is 44.9 Å². The molecule has 1 aliphatic heterocycles. The van der Waals surface area contributed by atoms with Crippen molar-refractivity contribution < 1.29 is 27.5 Å². The first-order valence-corrected chi connectivity index (χ1v) is 6.62. The van der Waals surface area contributed by atoms with Crippen molar-refractivity contribution in [1.29, 1.82) is 0 Å². The molecular weight excluding hydrogens is 299 g/mol. The van der Waals surface area contributed by atoms with Gasteiger partial charge in [0.15, 0.2) is 5.41 Å². The molecule has 1 unspecified atom stereocenters. The van der Waals surface area contributed by atoms with E-state index in [1.54, 1.807) is 20.8 Å². The van der Waals surface area contributed by atoms with Crippen molar-refractivity contribution in [3.8, 4) is 0 Å². The van der Waals surface area contributed by atoms with Crippen LogP contribution in [0.25, 0.3) is 0 Å². The molecule has 120 valence electrons. The number of rotatable bonds is 1. The lowest BCUT2D eigenvalue weighted by Gasteiger charge is -2.27. The minimum atomic E-state index is -4.52. The molecule has 0 saturated carbocycles. The molecule has 1 atom stereocenters. The third kappa shape index (κ3) is 2.67. The van der Waals surface area contributed by atoms with Gasteiger partial charge < -0.3 is 10.1 Å². The quantitative estimate of drug-likeness (QED) is 0.639. The van der Waals surface area contributed by atoms with Crippen LogP contribution in [0.1, 0.15) is 38.8 Å². The molecule has 1 heterocycles. The SMILES string of the molecule is CC(C)(C)OC(=O)C1(C)C(=O)Nc2cc(C(F)(F)F)ccc21. The number of anilines is 1. The van der Waals surface area contributed by atoms with E-state index in [0.29, 0.717) is 0 Å². The molecule has 0 bridgehead atoms. The van der Waals surface area contributed by atoms with E-state index in [-0.39, 0.29) is 11.3 Å². The zero-order valence-electron chi connectivity index (χ0n) is 12.6. The predicted molar refractivity (Wildman–Crippen MR) is 73.3 cm³/mol. The summed E-state index contributed by atoms with van der Waals surface area (Å²) in [4.78, 5) is 24.5. The van der Waals surface area contributed by atoms with Crippen LogP contribution in [0.3, 0.4) is 0 Å². The van der Waals surface area contributed by atoms with E-state index in [0.717, 1.165) is 18.2 Å². The van der Waals surface area contributed by atoms with Crippen LogP contribution in [0, 0.1) is 0 Å². The number of halogens is 3. The first kappa shape index (κ1) is 16.3. The Morgan fingerprint density at radius 2 is 1.82 bits per heavy atom. The van der Waals surface area contributed by atoms with Gasteiger partial charge in [0.1, 0.15) is 5.60 Å². The van der Waals surface area contributed by atoms with Crippen molar-refractivity contribution in [2.75, 3.05) is 5.32 Å². The van der Waals surface area contributed by atoms with Gasteiger partial charge in [-0.3, -0.25) is 9.59 Å². The Hall–Kier alpha value is -2.05. The van der Waals surface area contributed by atoms with Gasteiger partial charge in [0.2, 0.25) is 5.91 Å². The lowest BCUT2D eigenvalue weighted by molar-refractivity contribution is -0.163. The maximum absolute atomic E-state index is 12.7. The number of esters is 1. The third-order valence-corrected chi connectivity index (χ3v) is 3.40.